The Bertz CT molecular complexity index is 668. The predicted octanol–water partition coefficient (Wildman–Crippen LogP) is 3.56. The van der Waals surface area contributed by atoms with Gasteiger partial charge in [-0.05, 0) is 30.3 Å². The number of rotatable bonds is 3. The third-order valence-electron chi connectivity index (χ3n) is 2.60. The van der Waals surface area contributed by atoms with Crippen LogP contribution in [0.1, 0.15) is 10.4 Å². The smallest absolute Gasteiger partial charge is 0.248 e. The van der Waals surface area contributed by atoms with Crippen LogP contribution in [0.4, 0.5) is 21.5 Å². The first-order chi connectivity index (χ1) is 9.38. The molecule has 2 aromatic carbocycles. The van der Waals surface area contributed by atoms with Gasteiger partial charge in [0.05, 0.1) is 27.1 Å². The molecule has 0 aliphatic rings. The Morgan fingerprint density at radius 2 is 1.75 bits per heavy atom. The second-order valence-corrected chi connectivity index (χ2v) is 4.85. The van der Waals surface area contributed by atoms with Crippen LogP contribution >= 0.6 is 23.2 Å². The molecule has 0 unspecified atom stereocenters. The van der Waals surface area contributed by atoms with E-state index < -0.39 is 11.7 Å². The second kappa shape index (κ2) is 5.56. The SMILES string of the molecule is NC(=O)c1ccc(Nc2c(Cl)cc(F)cc2Cl)c(N)c1. The topological polar surface area (TPSA) is 81.1 Å². The van der Waals surface area contributed by atoms with E-state index in [2.05, 4.69) is 5.32 Å². The van der Waals surface area contributed by atoms with Crippen LogP contribution in [0, 0.1) is 5.82 Å². The standard InChI is InChI=1S/C13H10Cl2FN3O/c14-8-4-7(16)5-9(15)12(8)19-11-2-1-6(13(18)20)3-10(11)17/h1-5,19H,17H2,(H2,18,20). The zero-order valence-corrected chi connectivity index (χ0v) is 11.6. The molecule has 0 bridgehead atoms. The number of benzene rings is 2. The molecule has 0 aliphatic carbocycles. The number of hydrogen-bond acceptors (Lipinski definition) is 3. The quantitative estimate of drug-likeness (QED) is 0.758. The van der Waals surface area contributed by atoms with Gasteiger partial charge in [-0.1, -0.05) is 23.2 Å². The van der Waals surface area contributed by atoms with E-state index in [4.69, 9.17) is 34.7 Å². The summed E-state index contributed by atoms with van der Waals surface area (Å²) in [6.45, 7) is 0. The van der Waals surface area contributed by atoms with Crippen LogP contribution in [0.3, 0.4) is 0 Å². The Balaban J connectivity index is 2.38. The summed E-state index contributed by atoms with van der Waals surface area (Å²) >= 11 is 11.8. The van der Waals surface area contributed by atoms with Crippen molar-refractivity contribution in [3.8, 4) is 0 Å². The lowest BCUT2D eigenvalue weighted by Gasteiger charge is -2.13. The number of carbonyl (C=O) groups excluding carboxylic acids is 1. The number of nitrogens with one attached hydrogen (secondary N) is 1. The van der Waals surface area contributed by atoms with Crippen molar-refractivity contribution in [2.75, 3.05) is 11.1 Å². The van der Waals surface area contributed by atoms with Crippen LogP contribution in [-0.2, 0) is 0 Å². The fourth-order valence-electron chi connectivity index (χ4n) is 1.63. The summed E-state index contributed by atoms with van der Waals surface area (Å²) in [4.78, 5) is 11.0. The van der Waals surface area contributed by atoms with Crippen LogP contribution in [0.2, 0.25) is 10.0 Å². The summed E-state index contributed by atoms with van der Waals surface area (Å²) in [7, 11) is 0. The molecule has 0 spiro atoms. The third kappa shape index (κ3) is 2.95. The van der Waals surface area contributed by atoms with Gasteiger partial charge in [0, 0.05) is 5.56 Å². The van der Waals surface area contributed by atoms with E-state index in [-0.39, 0.29) is 21.3 Å². The van der Waals surface area contributed by atoms with Crippen LogP contribution in [0.15, 0.2) is 30.3 Å². The van der Waals surface area contributed by atoms with Gasteiger partial charge in [-0.3, -0.25) is 4.79 Å². The largest absolute Gasteiger partial charge is 0.397 e. The molecule has 5 N–H and O–H groups in total. The maximum Gasteiger partial charge on any atom is 0.248 e. The van der Waals surface area contributed by atoms with Crippen LogP contribution in [-0.4, -0.2) is 5.91 Å². The summed E-state index contributed by atoms with van der Waals surface area (Å²) in [5.74, 6) is -1.12. The van der Waals surface area contributed by atoms with Gasteiger partial charge in [-0.25, -0.2) is 4.39 Å². The van der Waals surface area contributed by atoms with Gasteiger partial charge in [0.2, 0.25) is 5.91 Å². The van der Waals surface area contributed by atoms with Crippen LogP contribution < -0.4 is 16.8 Å². The van der Waals surface area contributed by atoms with Crippen molar-refractivity contribution in [2.45, 2.75) is 0 Å². The number of halogens is 3. The van der Waals surface area contributed by atoms with Gasteiger partial charge >= 0.3 is 0 Å². The first kappa shape index (κ1) is 14.4. The molecule has 0 fully saturated rings. The van der Waals surface area contributed by atoms with Gasteiger partial charge in [0.25, 0.3) is 0 Å². The Morgan fingerprint density at radius 3 is 2.25 bits per heavy atom. The molecule has 4 nitrogen and oxygen atoms in total. The average Bonchev–Trinajstić information content (AvgIpc) is 2.34. The fourth-order valence-corrected chi connectivity index (χ4v) is 2.18. The minimum atomic E-state index is -0.582. The molecule has 104 valence electrons. The van der Waals surface area contributed by atoms with Crippen molar-refractivity contribution in [3.63, 3.8) is 0 Å². The number of nitrogens with two attached hydrogens (primary N) is 2. The minimum absolute atomic E-state index is 0.119. The highest BCUT2D eigenvalue weighted by Crippen LogP contribution is 2.35. The minimum Gasteiger partial charge on any atom is -0.397 e. The van der Waals surface area contributed by atoms with Gasteiger partial charge in [0.15, 0.2) is 0 Å². The number of hydrogen-bond donors (Lipinski definition) is 3. The number of carbonyl (C=O) groups is 1. The Hall–Kier alpha value is -1.98. The van der Waals surface area contributed by atoms with Crippen molar-refractivity contribution in [1.29, 1.82) is 0 Å². The van der Waals surface area contributed by atoms with E-state index in [1.54, 1.807) is 6.07 Å². The predicted molar refractivity (Wildman–Crippen MR) is 79.1 cm³/mol. The fraction of sp³-hybridized carbons (Fsp3) is 0. The molecule has 20 heavy (non-hydrogen) atoms. The van der Waals surface area contributed by atoms with E-state index in [0.29, 0.717) is 11.4 Å². The first-order valence-corrected chi connectivity index (χ1v) is 6.25. The molecular formula is C13H10Cl2FN3O. The maximum absolute atomic E-state index is 13.1. The summed E-state index contributed by atoms with van der Waals surface area (Å²) in [5, 5.41) is 3.13. The Morgan fingerprint density at radius 1 is 1.15 bits per heavy atom. The molecule has 2 aromatic rings. The molecule has 0 atom stereocenters. The number of anilines is 3. The Labute approximate surface area is 124 Å². The molecule has 1 amide bonds. The molecule has 0 radical (unpaired) electrons. The monoisotopic (exact) mass is 313 g/mol. The maximum atomic E-state index is 13.1. The van der Waals surface area contributed by atoms with E-state index in [1.165, 1.54) is 12.1 Å². The van der Waals surface area contributed by atoms with Crippen molar-refractivity contribution < 1.29 is 9.18 Å². The lowest BCUT2D eigenvalue weighted by atomic mass is 10.1. The summed E-state index contributed by atoms with van der Waals surface area (Å²) in [5.41, 5.74) is 12.3. The Kier molecular flexibility index (Phi) is 4.01. The summed E-state index contributed by atoms with van der Waals surface area (Å²) in [6.07, 6.45) is 0. The molecule has 0 aromatic heterocycles. The summed E-state index contributed by atoms with van der Waals surface area (Å²) in [6, 6.07) is 6.75. The molecular weight excluding hydrogens is 304 g/mol. The van der Waals surface area contributed by atoms with Crippen LogP contribution in [0.5, 0.6) is 0 Å². The number of amides is 1. The van der Waals surface area contributed by atoms with Gasteiger partial charge < -0.3 is 16.8 Å². The molecule has 0 aliphatic heterocycles. The lowest BCUT2D eigenvalue weighted by molar-refractivity contribution is 0.100. The molecule has 0 heterocycles. The molecule has 0 saturated heterocycles. The highest BCUT2D eigenvalue weighted by Gasteiger charge is 2.11. The zero-order chi connectivity index (χ0) is 14.9. The highest BCUT2D eigenvalue weighted by molar-refractivity contribution is 6.39. The van der Waals surface area contributed by atoms with E-state index >= 15 is 0 Å². The first-order valence-electron chi connectivity index (χ1n) is 5.49. The van der Waals surface area contributed by atoms with Crippen molar-refractivity contribution >= 4 is 46.2 Å². The second-order valence-electron chi connectivity index (χ2n) is 4.04. The number of nitrogen functional groups attached to an aromatic ring is 1. The molecule has 2 rings (SSSR count). The van der Waals surface area contributed by atoms with Crippen molar-refractivity contribution in [3.05, 3.63) is 51.8 Å². The number of primary amides is 1. The lowest BCUT2D eigenvalue weighted by Crippen LogP contribution is -2.11. The normalized spacial score (nSPS) is 10.3. The third-order valence-corrected chi connectivity index (χ3v) is 3.20. The van der Waals surface area contributed by atoms with Gasteiger partial charge in [-0.2, -0.15) is 0 Å². The average molecular weight is 314 g/mol. The van der Waals surface area contributed by atoms with Crippen LogP contribution in [0.25, 0.3) is 0 Å². The van der Waals surface area contributed by atoms with Gasteiger partial charge in [-0.15, -0.1) is 0 Å². The summed E-state index contributed by atoms with van der Waals surface area (Å²) < 4.78 is 13.1. The van der Waals surface area contributed by atoms with E-state index in [0.717, 1.165) is 12.1 Å². The zero-order valence-electron chi connectivity index (χ0n) is 10.1. The van der Waals surface area contributed by atoms with Crippen molar-refractivity contribution in [1.82, 2.24) is 0 Å². The highest BCUT2D eigenvalue weighted by atomic mass is 35.5. The van der Waals surface area contributed by atoms with E-state index in [1.807, 2.05) is 0 Å². The molecule has 7 heteroatoms. The molecule has 0 saturated carbocycles. The van der Waals surface area contributed by atoms with Crippen molar-refractivity contribution in [2.24, 2.45) is 5.73 Å². The van der Waals surface area contributed by atoms with Gasteiger partial charge in [0.1, 0.15) is 5.82 Å². The van der Waals surface area contributed by atoms with E-state index in [9.17, 15) is 9.18 Å².